The molecule has 0 spiro atoms. The molecule has 23 heavy (non-hydrogen) atoms. The zero-order valence-corrected chi connectivity index (χ0v) is 14.6. The molecule has 2 rings (SSSR count). The number of nitrogens with zero attached hydrogens (tertiary/aromatic N) is 2. The van der Waals surface area contributed by atoms with Crippen molar-refractivity contribution in [3.05, 3.63) is 29.8 Å². The Bertz CT molecular complexity index is 609. The number of H-pyrrole nitrogens is 1. The quantitative estimate of drug-likeness (QED) is 0.544. The van der Waals surface area contributed by atoms with Crippen molar-refractivity contribution in [2.45, 2.75) is 44.7 Å². The maximum atomic E-state index is 11.8. The van der Waals surface area contributed by atoms with Crippen LogP contribution in [-0.4, -0.2) is 33.4 Å². The molecule has 1 aromatic carbocycles. The van der Waals surface area contributed by atoms with Crippen molar-refractivity contribution >= 4 is 17.7 Å². The highest BCUT2D eigenvalue weighted by atomic mass is 32.2. The summed E-state index contributed by atoms with van der Waals surface area (Å²) < 4.78 is 0. The lowest BCUT2D eigenvalue weighted by molar-refractivity contribution is -0.118. The molecule has 2 N–H and O–H groups in total. The van der Waals surface area contributed by atoms with Gasteiger partial charge in [-0.3, -0.25) is 9.89 Å². The third kappa shape index (κ3) is 6.06. The van der Waals surface area contributed by atoms with Crippen LogP contribution in [-0.2, 0) is 4.79 Å². The Morgan fingerprint density at radius 3 is 2.74 bits per heavy atom. The predicted octanol–water partition coefficient (Wildman–Crippen LogP) is 3.57. The van der Waals surface area contributed by atoms with Gasteiger partial charge in [-0.25, -0.2) is 4.98 Å². The molecule has 2 aromatic rings. The van der Waals surface area contributed by atoms with Crippen LogP contribution < -0.4 is 5.32 Å². The molecule has 0 saturated carbocycles. The first-order valence-corrected chi connectivity index (χ1v) is 9.06. The maximum Gasteiger partial charge on any atom is 0.230 e. The second-order valence-electron chi connectivity index (χ2n) is 5.53. The molecule has 5 nitrogen and oxygen atoms in total. The van der Waals surface area contributed by atoms with Crippen LogP contribution in [0.2, 0.25) is 0 Å². The van der Waals surface area contributed by atoms with Crippen molar-refractivity contribution in [2.24, 2.45) is 0 Å². The van der Waals surface area contributed by atoms with Crippen molar-refractivity contribution in [3.63, 3.8) is 0 Å². The van der Waals surface area contributed by atoms with Crippen LogP contribution in [0.4, 0.5) is 0 Å². The van der Waals surface area contributed by atoms with Crippen molar-refractivity contribution in [1.82, 2.24) is 20.5 Å². The van der Waals surface area contributed by atoms with Gasteiger partial charge in [0.1, 0.15) is 0 Å². The van der Waals surface area contributed by atoms with Crippen molar-refractivity contribution < 1.29 is 4.79 Å². The average molecular weight is 332 g/mol. The minimum absolute atomic E-state index is 0.0354. The second kappa shape index (κ2) is 9.35. The lowest BCUT2D eigenvalue weighted by atomic mass is 10.1. The zero-order chi connectivity index (χ0) is 16.5. The first-order chi connectivity index (χ1) is 11.2. The van der Waals surface area contributed by atoms with E-state index in [0.29, 0.717) is 10.9 Å². The molecule has 0 saturated heterocycles. The van der Waals surface area contributed by atoms with Gasteiger partial charge in [0.25, 0.3) is 0 Å². The van der Waals surface area contributed by atoms with Crippen molar-refractivity contribution in [1.29, 1.82) is 0 Å². The number of nitrogens with one attached hydrogen (secondary N) is 2. The summed E-state index contributed by atoms with van der Waals surface area (Å²) in [6.45, 7) is 4.98. The Morgan fingerprint density at radius 2 is 2.00 bits per heavy atom. The number of aryl methyl sites for hydroxylation is 1. The van der Waals surface area contributed by atoms with E-state index in [1.54, 1.807) is 0 Å². The summed E-state index contributed by atoms with van der Waals surface area (Å²) in [6.07, 6.45) is 4.65. The first-order valence-electron chi connectivity index (χ1n) is 8.08. The van der Waals surface area contributed by atoms with E-state index >= 15 is 0 Å². The summed E-state index contributed by atoms with van der Waals surface area (Å²) in [5.74, 6) is 1.11. The number of aromatic amines is 1. The van der Waals surface area contributed by atoms with Gasteiger partial charge in [-0.15, -0.1) is 5.10 Å². The number of unbranched alkanes of at least 4 members (excludes halogenated alkanes) is 3. The summed E-state index contributed by atoms with van der Waals surface area (Å²) >= 11 is 1.35. The van der Waals surface area contributed by atoms with E-state index in [2.05, 4.69) is 27.4 Å². The Labute approximate surface area is 141 Å². The maximum absolute atomic E-state index is 11.8. The Morgan fingerprint density at radius 1 is 1.22 bits per heavy atom. The van der Waals surface area contributed by atoms with E-state index in [9.17, 15) is 4.79 Å². The molecule has 0 bridgehead atoms. The van der Waals surface area contributed by atoms with Crippen LogP contribution in [0, 0.1) is 6.92 Å². The van der Waals surface area contributed by atoms with Gasteiger partial charge in [-0.05, 0) is 13.3 Å². The first kappa shape index (κ1) is 17.5. The highest BCUT2D eigenvalue weighted by molar-refractivity contribution is 7.99. The lowest BCUT2D eigenvalue weighted by Gasteiger charge is -2.03. The minimum atomic E-state index is 0.0354. The van der Waals surface area contributed by atoms with Gasteiger partial charge >= 0.3 is 0 Å². The molecule has 0 aliphatic rings. The van der Waals surface area contributed by atoms with E-state index in [-0.39, 0.29) is 5.91 Å². The molecule has 0 aliphatic carbocycles. The molecule has 6 heteroatoms. The summed E-state index contributed by atoms with van der Waals surface area (Å²) in [6, 6.07) is 8.09. The van der Waals surface area contributed by atoms with Gasteiger partial charge in [-0.2, -0.15) is 0 Å². The van der Waals surface area contributed by atoms with Gasteiger partial charge in [0.05, 0.1) is 5.75 Å². The summed E-state index contributed by atoms with van der Waals surface area (Å²) in [5.41, 5.74) is 2.20. The number of rotatable bonds is 9. The number of aromatic nitrogens is 3. The Hall–Kier alpha value is -1.82. The smallest absolute Gasteiger partial charge is 0.230 e. The third-order valence-electron chi connectivity index (χ3n) is 3.47. The van der Waals surface area contributed by atoms with Crippen LogP contribution in [0.1, 0.15) is 38.2 Å². The molecule has 0 aliphatic heterocycles. The third-order valence-corrected chi connectivity index (χ3v) is 4.32. The number of carbonyl (C=O) groups excluding carboxylic acids is 1. The fourth-order valence-corrected chi connectivity index (χ4v) is 2.74. The Balaban J connectivity index is 1.74. The summed E-state index contributed by atoms with van der Waals surface area (Å²) in [4.78, 5) is 16.2. The van der Waals surface area contributed by atoms with E-state index in [4.69, 9.17) is 0 Å². The van der Waals surface area contributed by atoms with Gasteiger partial charge in [0.2, 0.25) is 11.1 Å². The Kier molecular flexibility index (Phi) is 7.13. The number of hydrogen-bond donors (Lipinski definition) is 2. The number of benzene rings is 1. The number of carbonyl (C=O) groups is 1. The fraction of sp³-hybridized carbons (Fsp3) is 0.471. The van der Waals surface area contributed by atoms with Crippen LogP contribution in [0.5, 0.6) is 0 Å². The topological polar surface area (TPSA) is 70.7 Å². The lowest BCUT2D eigenvalue weighted by Crippen LogP contribution is -2.26. The van der Waals surface area contributed by atoms with E-state index in [1.807, 2.05) is 31.2 Å². The van der Waals surface area contributed by atoms with E-state index < -0.39 is 0 Å². The minimum Gasteiger partial charge on any atom is -0.355 e. The van der Waals surface area contributed by atoms with Gasteiger partial charge in [-0.1, -0.05) is 67.8 Å². The molecule has 1 heterocycles. The fourth-order valence-electron chi connectivity index (χ4n) is 2.11. The highest BCUT2D eigenvalue weighted by Crippen LogP contribution is 2.19. The molecule has 124 valence electrons. The standard InChI is InChI=1S/C17H24N4OS/c1-3-4-5-6-11-18-15(22)12-23-17-19-16(20-21-17)14-9-7-13(2)8-10-14/h7-10H,3-6,11-12H2,1-2H3,(H,18,22)(H,19,20,21). The summed E-state index contributed by atoms with van der Waals surface area (Å²) in [5, 5.41) is 10.6. The van der Waals surface area contributed by atoms with Crippen molar-refractivity contribution in [2.75, 3.05) is 12.3 Å². The molecule has 1 amide bonds. The highest BCUT2D eigenvalue weighted by Gasteiger charge is 2.08. The molecular weight excluding hydrogens is 308 g/mol. The van der Waals surface area contributed by atoms with Crippen LogP contribution in [0.15, 0.2) is 29.4 Å². The average Bonchev–Trinajstić information content (AvgIpc) is 3.02. The number of hydrogen-bond acceptors (Lipinski definition) is 4. The molecule has 0 atom stereocenters. The number of amides is 1. The second-order valence-corrected chi connectivity index (χ2v) is 6.47. The van der Waals surface area contributed by atoms with Crippen LogP contribution in [0.25, 0.3) is 11.4 Å². The van der Waals surface area contributed by atoms with Gasteiger partial charge in [0, 0.05) is 12.1 Å². The van der Waals surface area contributed by atoms with E-state index in [0.717, 1.165) is 24.4 Å². The zero-order valence-electron chi connectivity index (χ0n) is 13.8. The van der Waals surface area contributed by atoms with Crippen LogP contribution in [0.3, 0.4) is 0 Å². The van der Waals surface area contributed by atoms with Crippen LogP contribution >= 0.6 is 11.8 Å². The number of thioether (sulfide) groups is 1. The summed E-state index contributed by atoms with van der Waals surface area (Å²) in [7, 11) is 0. The SMILES string of the molecule is CCCCCCNC(=O)CSc1n[nH]c(-c2ccc(C)cc2)n1. The van der Waals surface area contributed by atoms with Gasteiger partial charge < -0.3 is 5.32 Å². The monoisotopic (exact) mass is 332 g/mol. The normalized spacial score (nSPS) is 10.7. The largest absolute Gasteiger partial charge is 0.355 e. The molecular formula is C17H24N4OS. The molecule has 0 fully saturated rings. The van der Waals surface area contributed by atoms with Gasteiger partial charge in [0.15, 0.2) is 5.82 Å². The molecule has 0 unspecified atom stereocenters. The van der Waals surface area contributed by atoms with Crippen molar-refractivity contribution in [3.8, 4) is 11.4 Å². The predicted molar refractivity (Wildman–Crippen MR) is 94.4 cm³/mol. The molecule has 1 aromatic heterocycles. The van der Waals surface area contributed by atoms with E-state index in [1.165, 1.54) is 36.6 Å². The molecule has 0 radical (unpaired) electrons.